The average molecular weight is 292 g/mol. The van der Waals surface area contributed by atoms with Gasteiger partial charge in [0.25, 0.3) is 0 Å². The molecular formula is C19H20N2O. The van der Waals surface area contributed by atoms with E-state index in [1.165, 1.54) is 28.5 Å². The van der Waals surface area contributed by atoms with Gasteiger partial charge in [-0.1, -0.05) is 30.3 Å². The first kappa shape index (κ1) is 13.4. The third-order valence-corrected chi connectivity index (χ3v) is 4.71. The Balaban J connectivity index is 1.48. The summed E-state index contributed by atoms with van der Waals surface area (Å²) in [6.45, 7) is 3.22. The lowest BCUT2D eigenvalue weighted by atomic mass is 9.98. The van der Waals surface area contributed by atoms with Gasteiger partial charge in [0.05, 0.1) is 0 Å². The summed E-state index contributed by atoms with van der Waals surface area (Å²) >= 11 is 0. The summed E-state index contributed by atoms with van der Waals surface area (Å²) in [4.78, 5) is 5.88. The van der Waals surface area contributed by atoms with Crippen molar-refractivity contribution in [1.82, 2.24) is 9.88 Å². The van der Waals surface area contributed by atoms with Crippen LogP contribution in [0.1, 0.15) is 23.5 Å². The lowest BCUT2D eigenvalue weighted by molar-refractivity contribution is 0.328. The Morgan fingerprint density at radius 3 is 2.77 bits per heavy atom. The second-order valence-electron chi connectivity index (χ2n) is 6.17. The second-order valence-corrected chi connectivity index (χ2v) is 6.17. The van der Waals surface area contributed by atoms with Gasteiger partial charge in [-0.2, -0.15) is 0 Å². The molecule has 3 heteroatoms. The molecule has 112 valence electrons. The van der Waals surface area contributed by atoms with Gasteiger partial charge in [0.15, 0.2) is 0 Å². The highest BCUT2D eigenvalue weighted by Gasteiger charge is 2.24. The van der Waals surface area contributed by atoms with E-state index in [2.05, 4.69) is 52.5 Å². The molecule has 0 aliphatic carbocycles. The first-order chi connectivity index (χ1) is 10.8. The maximum atomic E-state index is 9.41. The minimum atomic E-state index is 0.345. The lowest BCUT2D eigenvalue weighted by Crippen LogP contribution is -2.19. The fraction of sp³-hybridized carbons (Fsp3) is 0.263. The molecule has 1 aromatic heterocycles. The molecule has 1 aliphatic heterocycles. The summed E-state index contributed by atoms with van der Waals surface area (Å²) < 4.78 is 0. The van der Waals surface area contributed by atoms with E-state index in [0.29, 0.717) is 11.7 Å². The van der Waals surface area contributed by atoms with Crippen molar-refractivity contribution >= 4 is 10.9 Å². The summed E-state index contributed by atoms with van der Waals surface area (Å²) in [7, 11) is 0. The number of nitrogens with zero attached hydrogens (tertiary/aromatic N) is 1. The van der Waals surface area contributed by atoms with Crippen LogP contribution in [-0.2, 0) is 6.54 Å². The van der Waals surface area contributed by atoms with Crippen molar-refractivity contribution in [3.05, 3.63) is 65.9 Å². The number of fused-ring (bicyclic) bond motifs is 1. The number of benzene rings is 2. The fourth-order valence-electron chi connectivity index (χ4n) is 3.50. The van der Waals surface area contributed by atoms with Crippen LogP contribution in [0, 0.1) is 0 Å². The molecule has 2 N–H and O–H groups in total. The van der Waals surface area contributed by atoms with E-state index in [9.17, 15) is 5.11 Å². The van der Waals surface area contributed by atoms with Gasteiger partial charge >= 0.3 is 0 Å². The molecule has 0 bridgehead atoms. The number of phenolic OH excluding ortho intramolecular Hbond substituents is 1. The van der Waals surface area contributed by atoms with Crippen molar-refractivity contribution in [3.8, 4) is 5.75 Å². The third-order valence-electron chi connectivity index (χ3n) is 4.71. The molecule has 3 aromatic rings. The predicted molar refractivity (Wildman–Crippen MR) is 89.0 cm³/mol. The van der Waals surface area contributed by atoms with Crippen LogP contribution >= 0.6 is 0 Å². The number of likely N-dealkylation sites (tertiary alicyclic amines) is 1. The molecule has 1 atom stereocenters. The van der Waals surface area contributed by atoms with Gasteiger partial charge in [0, 0.05) is 30.2 Å². The number of aromatic amines is 1. The van der Waals surface area contributed by atoms with E-state index in [1.54, 1.807) is 12.1 Å². The van der Waals surface area contributed by atoms with Crippen LogP contribution in [-0.4, -0.2) is 28.1 Å². The average Bonchev–Trinajstić information content (AvgIpc) is 3.16. The lowest BCUT2D eigenvalue weighted by Gasteiger charge is -2.16. The number of hydrogen-bond acceptors (Lipinski definition) is 2. The highest BCUT2D eigenvalue weighted by atomic mass is 16.3. The Labute approximate surface area is 130 Å². The maximum Gasteiger partial charge on any atom is 0.115 e. The zero-order chi connectivity index (χ0) is 14.9. The topological polar surface area (TPSA) is 39.3 Å². The number of aromatic hydroxyl groups is 1. The summed E-state index contributed by atoms with van der Waals surface area (Å²) in [5, 5.41) is 10.7. The molecule has 1 unspecified atom stereocenters. The molecule has 0 radical (unpaired) electrons. The van der Waals surface area contributed by atoms with E-state index in [-0.39, 0.29) is 0 Å². The van der Waals surface area contributed by atoms with Crippen molar-refractivity contribution < 1.29 is 5.11 Å². The molecule has 22 heavy (non-hydrogen) atoms. The van der Waals surface area contributed by atoms with Crippen LogP contribution in [0.4, 0.5) is 0 Å². The molecule has 1 fully saturated rings. The minimum absolute atomic E-state index is 0.345. The van der Waals surface area contributed by atoms with Crippen molar-refractivity contribution in [3.63, 3.8) is 0 Å². The normalized spacial score (nSPS) is 19.0. The Bertz CT molecular complexity index is 775. The van der Waals surface area contributed by atoms with Gasteiger partial charge in [0.2, 0.25) is 0 Å². The van der Waals surface area contributed by atoms with Crippen LogP contribution in [0.15, 0.2) is 54.7 Å². The van der Waals surface area contributed by atoms with Gasteiger partial charge in [-0.15, -0.1) is 0 Å². The SMILES string of the molecule is Oc1ccc(C2CCN(Cc3c[nH]c4ccccc34)C2)cc1. The number of para-hydroxylation sites is 1. The van der Waals surface area contributed by atoms with Crippen molar-refractivity contribution in [2.45, 2.75) is 18.9 Å². The Hall–Kier alpha value is -2.26. The number of hydrogen-bond donors (Lipinski definition) is 2. The molecule has 4 rings (SSSR count). The van der Waals surface area contributed by atoms with Gasteiger partial charge in [-0.3, -0.25) is 4.90 Å². The minimum Gasteiger partial charge on any atom is -0.508 e. The quantitative estimate of drug-likeness (QED) is 0.769. The van der Waals surface area contributed by atoms with Gasteiger partial charge in [-0.05, 0) is 48.2 Å². The number of rotatable bonds is 3. The van der Waals surface area contributed by atoms with E-state index in [4.69, 9.17) is 0 Å². The van der Waals surface area contributed by atoms with Gasteiger partial charge in [-0.25, -0.2) is 0 Å². The molecule has 2 heterocycles. The first-order valence-electron chi connectivity index (χ1n) is 7.86. The van der Waals surface area contributed by atoms with E-state index in [0.717, 1.165) is 19.6 Å². The highest BCUT2D eigenvalue weighted by molar-refractivity contribution is 5.82. The van der Waals surface area contributed by atoms with Gasteiger partial charge < -0.3 is 10.1 Å². The molecule has 1 aliphatic rings. The summed E-state index contributed by atoms with van der Waals surface area (Å²) in [6.07, 6.45) is 3.33. The van der Waals surface area contributed by atoms with Crippen LogP contribution in [0.2, 0.25) is 0 Å². The number of aromatic nitrogens is 1. The van der Waals surface area contributed by atoms with Crippen LogP contribution in [0.25, 0.3) is 10.9 Å². The van der Waals surface area contributed by atoms with Gasteiger partial charge in [0.1, 0.15) is 5.75 Å². The number of nitrogens with one attached hydrogen (secondary N) is 1. The summed E-state index contributed by atoms with van der Waals surface area (Å²) in [6, 6.07) is 16.2. The zero-order valence-electron chi connectivity index (χ0n) is 12.5. The summed E-state index contributed by atoms with van der Waals surface area (Å²) in [5.41, 5.74) is 3.92. The fourth-order valence-corrected chi connectivity index (χ4v) is 3.50. The molecule has 0 spiro atoms. The van der Waals surface area contributed by atoms with Crippen molar-refractivity contribution in [2.75, 3.05) is 13.1 Å². The monoisotopic (exact) mass is 292 g/mol. The second kappa shape index (κ2) is 5.50. The first-order valence-corrected chi connectivity index (χ1v) is 7.86. The molecule has 1 saturated heterocycles. The van der Waals surface area contributed by atoms with Crippen molar-refractivity contribution in [2.24, 2.45) is 0 Å². The van der Waals surface area contributed by atoms with E-state index >= 15 is 0 Å². The zero-order valence-corrected chi connectivity index (χ0v) is 12.5. The van der Waals surface area contributed by atoms with E-state index < -0.39 is 0 Å². The molecule has 0 amide bonds. The number of phenols is 1. The highest BCUT2D eigenvalue weighted by Crippen LogP contribution is 2.30. The molecule has 2 aromatic carbocycles. The largest absolute Gasteiger partial charge is 0.508 e. The summed E-state index contributed by atoms with van der Waals surface area (Å²) in [5.74, 6) is 0.920. The molecular weight excluding hydrogens is 272 g/mol. The van der Waals surface area contributed by atoms with E-state index in [1.807, 2.05) is 0 Å². The van der Waals surface area contributed by atoms with Crippen LogP contribution < -0.4 is 0 Å². The number of H-pyrrole nitrogens is 1. The third kappa shape index (κ3) is 2.48. The van der Waals surface area contributed by atoms with Crippen LogP contribution in [0.3, 0.4) is 0 Å². The predicted octanol–water partition coefficient (Wildman–Crippen LogP) is 3.86. The smallest absolute Gasteiger partial charge is 0.115 e. The van der Waals surface area contributed by atoms with Crippen molar-refractivity contribution in [1.29, 1.82) is 0 Å². The maximum absolute atomic E-state index is 9.41. The standard InChI is InChI=1S/C19H20N2O/c22-17-7-5-14(6-8-17)15-9-10-21(12-15)13-16-11-20-19-4-2-1-3-18(16)19/h1-8,11,15,20,22H,9-10,12-13H2. The Morgan fingerprint density at radius 1 is 1.09 bits per heavy atom. The van der Waals surface area contributed by atoms with Crippen LogP contribution in [0.5, 0.6) is 5.75 Å². The Morgan fingerprint density at radius 2 is 1.91 bits per heavy atom. The Kier molecular flexibility index (Phi) is 3.35. The molecule has 0 saturated carbocycles. The molecule has 3 nitrogen and oxygen atoms in total.